The molecule has 1 aliphatic rings. The lowest BCUT2D eigenvalue weighted by Crippen LogP contribution is -2.49. The van der Waals surface area contributed by atoms with Crippen molar-refractivity contribution in [1.29, 1.82) is 0 Å². The molecule has 41 heavy (non-hydrogen) atoms. The standard InChI is InChI=1S/C20H23BrN4O2.2C2HF3O2/c21-16-3-1-14(2-4-16)13-18(22)20(27)25-11-7-15(8-12-25)19(26)24-17-5-9-23-10-6-17;2*3-2(4,5)1(6)7/h1-6,9-10,15,18H,7-8,11-13,22H2,(H,23,24,26);2*(H,6,7)/t18-;;/m0../s1. The number of carboxylic acid groups (broad SMARTS) is 2. The minimum atomic E-state index is -5.08. The molecular formula is C24H25BrF6N4O6. The summed E-state index contributed by atoms with van der Waals surface area (Å²) in [6, 6.07) is 10.8. The van der Waals surface area contributed by atoms with Crippen molar-refractivity contribution in [2.75, 3.05) is 18.4 Å². The van der Waals surface area contributed by atoms with Crippen LogP contribution in [-0.4, -0.2) is 75.3 Å². The number of rotatable bonds is 5. The predicted octanol–water partition coefficient (Wildman–Crippen LogP) is 3.86. The number of aromatic nitrogens is 1. The van der Waals surface area contributed by atoms with Crippen LogP contribution in [0.15, 0.2) is 53.3 Å². The molecule has 2 heterocycles. The van der Waals surface area contributed by atoms with Crippen molar-refractivity contribution in [3.05, 3.63) is 58.8 Å². The van der Waals surface area contributed by atoms with Gasteiger partial charge in [0, 0.05) is 41.6 Å². The second kappa shape index (κ2) is 15.9. The number of likely N-dealkylation sites (tertiary alicyclic amines) is 1. The molecule has 10 nitrogen and oxygen atoms in total. The van der Waals surface area contributed by atoms with Gasteiger partial charge in [-0.3, -0.25) is 14.6 Å². The first-order valence-electron chi connectivity index (χ1n) is 11.5. The maximum absolute atomic E-state index is 12.6. The molecule has 0 aliphatic carbocycles. The van der Waals surface area contributed by atoms with Gasteiger partial charge in [-0.25, -0.2) is 9.59 Å². The zero-order valence-electron chi connectivity index (χ0n) is 21.0. The predicted molar refractivity (Wildman–Crippen MR) is 135 cm³/mol. The van der Waals surface area contributed by atoms with E-state index >= 15 is 0 Å². The zero-order chi connectivity index (χ0) is 31.4. The quantitative estimate of drug-likeness (QED) is 0.352. The van der Waals surface area contributed by atoms with Crippen molar-refractivity contribution in [1.82, 2.24) is 9.88 Å². The zero-order valence-corrected chi connectivity index (χ0v) is 22.5. The van der Waals surface area contributed by atoms with Crippen LogP contribution in [0.3, 0.4) is 0 Å². The largest absolute Gasteiger partial charge is 0.490 e. The molecule has 1 fully saturated rings. The number of nitrogens with one attached hydrogen (secondary N) is 1. The molecule has 2 amide bonds. The Kier molecular flexibility index (Phi) is 13.7. The van der Waals surface area contributed by atoms with Crippen LogP contribution in [0, 0.1) is 5.92 Å². The van der Waals surface area contributed by atoms with Crippen LogP contribution < -0.4 is 11.1 Å². The summed E-state index contributed by atoms with van der Waals surface area (Å²) in [6.07, 6.45) is -5.08. The van der Waals surface area contributed by atoms with Gasteiger partial charge in [0.1, 0.15) is 0 Å². The lowest BCUT2D eigenvalue weighted by molar-refractivity contribution is -0.193. The number of aliphatic carboxylic acids is 2. The summed E-state index contributed by atoms with van der Waals surface area (Å²) >= 11 is 3.40. The minimum Gasteiger partial charge on any atom is -0.475 e. The fourth-order valence-corrected chi connectivity index (χ4v) is 3.50. The number of amides is 2. The summed E-state index contributed by atoms with van der Waals surface area (Å²) in [5, 5.41) is 17.2. The van der Waals surface area contributed by atoms with Crippen molar-refractivity contribution in [3.63, 3.8) is 0 Å². The number of carbonyl (C=O) groups excluding carboxylic acids is 2. The lowest BCUT2D eigenvalue weighted by atomic mass is 9.95. The van der Waals surface area contributed by atoms with Crippen molar-refractivity contribution in [2.45, 2.75) is 37.7 Å². The first kappa shape index (κ1) is 35.3. The van der Waals surface area contributed by atoms with E-state index in [0.717, 1.165) is 15.7 Å². The number of nitrogens with two attached hydrogens (primary N) is 1. The SMILES string of the molecule is N[C@@H](Cc1ccc(Br)cc1)C(=O)N1CCC(C(=O)Nc2ccncc2)CC1.O=C(O)C(F)(F)F.O=C(O)C(F)(F)F. The molecule has 0 radical (unpaired) electrons. The Bertz CT molecular complexity index is 1130. The monoisotopic (exact) mass is 658 g/mol. The molecule has 5 N–H and O–H groups in total. The molecule has 2 aromatic rings. The van der Waals surface area contributed by atoms with E-state index in [0.29, 0.717) is 32.4 Å². The summed E-state index contributed by atoms with van der Waals surface area (Å²) in [5.41, 5.74) is 7.90. The molecule has 226 valence electrons. The Morgan fingerprint density at radius 1 is 0.927 bits per heavy atom. The number of alkyl halides is 6. The number of carbonyl (C=O) groups is 4. The van der Waals surface area contributed by atoms with Crippen molar-refractivity contribution in [2.24, 2.45) is 11.7 Å². The molecule has 1 atom stereocenters. The second-order valence-electron chi connectivity index (χ2n) is 8.37. The Labute approximate surface area is 237 Å². The van der Waals surface area contributed by atoms with Gasteiger partial charge >= 0.3 is 24.3 Å². The average Bonchev–Trinajstić information content (AvgIpc) is 2.90. The maximum atomic E-state index is 12.6. The highest BCUT2D eigenvalue weighted by Crippen LogP contribution is 2.21. The van der Waals surface area contributed by atoms with E-state index < -0.39 is 30.3 Å². The van der Waals surface area contributed by atoms with Crippen LogP contribution in [0.5, 0.6) is 0 Å². The molecule has 17 heteroatoms. The third-order valence-electron chi connectivity index (χ3n) is 5.30. The summed E-state index contributed by atoms with van der Waals surface area (Å²) in [6.45, 7) is 1.11. The maximum Gasteiger partial charge on any atom is 0.490 e. The molecule has 0 saturated carbocycles. The van der Waals surface area contributed by atoms with Crippen molar-refractivity contribution in [3.8, 4) is 0 Å². The molecule has 1 aromatic heterocycles. The van der Waals surface area contributed by atoms with Gasteiger partial charge in [-0.05, 0) is 49.1 Å². The fourth-order valence-electron chi connectivity index (χ4n) is 3.24. The lowest BCUT2D eigenvalue weighted by Gasteiger charge is -2.33. The summed E-state index contributed by atoms with van der Waals surface area (Å²) in [4.78, 5) is 48.5. The number of nitrogens with zero attached hydrogens (tertiary/aromatic N) is 2. The molecule has 1 aliphatic heterocycles. The molecule has 0 unspecified atom stereocenters. The Balaban J connectivity index is 0.000000497. The fraction of sp³-hybridized carbons (Fsp3) is 0.375. The number of piperidine rings is 1. The number of benzene rings is 1. The highest BCUT2D eigenvalue weighted by Gasteiger charge is 2.39. The summed E-state index contributed by atoms with van der Waals surface area (Å²) < 4.78 is 64.5. The number of hydrogen-bond donors (Lipinski definition) is 4. The van der Waals surface area contributed by atoms with Gasteiger partial charge in [0.25, 0.3) is 0 Å². The van der Waals surface area contributed by atoms with Gasteiger partial charge in [0.2, 0.25) is 11.8 Å². The van der Waals surface area contributed by atoms with Gasteiger partial charge in [-0.1, -0.05) is 28.1 Å². The van der Waals surface area contributed by atoms with E-state index in [1.807, 2.05) is 24.3 Å². The van der Waals surface area contributed by atoms with Crippen LogP contribution in [-0.2, 0) is 25.6 Å². The topological polar surface area (TPSA) is 163 Å². The summed E-state index contributed by atoms with van der Waals surface area (Å²) in [7, 11) is 0. The van der Waals surface area contributed by atoms with E-state index in [1.165, 1.54) is 0 Å². The third kappa shape index (κ3) is 13.5. The molecular weight excluding hydrogens is 634 g/mol. The van der Waals surface area contributed by atoms with Crippen LogP contribution in [0.4, 0.5) is 32.0 Å². The van der Waals surface area contributed by atoms with Crippen LogP contribution in [0.1, 0.15) is 18.4 Å². The van der Waals surface area contributed by atoms with Gasteiger partial charge in [0.05, 0.1) is 6.04 Å². The average molecular weight is 659 g/mol. The molecule has 1 saturated heterocycles. The van der Waals surface area contributed by atoms with E-state index in [2.05, 4.69) is 26.2 Å². The van der Waals surface area contributed by atoms with Gasteiger partial charge in [-0.15, -0.1) is 0 Å². The van der Waals surface area contributed by atoms with Crippen LogP contribution in [0.2, 0.25) is 0 Å². The number of pyridine rings is 1. The van der Waals surface area contributed by atoms with Gasteiger partial charge in [0.15, 0.2) is 0 Å². The van der Waals surface area contributed by atoms with E-state index in [4.69, 9.17) is 25.5 Å². The smallest absolute Gasteiger partial charge is 0.475 e. The van der Waals surface area contributed by atoms with Crippen molar-refractivity contribution < 1.29 is 55.7 Å². The normalized spacial score (nSPS) is 14.4. The molecule has 1 aromatic carbocycles. The number of carboxylic acids is 2. The van der Waals surface area contributed by atoms with Crippen molar-refractivity contribution >= 4 is 45.4 Å². The van der Waals surface area contributed by atoms with Crippen LogP contribution in [0.25, 0.3) is 0 Å². The van der Waals surface area contributed by atoms with Gasteiger partial charge < -0.3 is 26.2 Å². The van der Waals surface area contributed by atoms with E-state index in [-0.39, 0.29) is 17.7 Å². The van der Waals surface area contributed by atoms with E-state index in [9.17, 15) is 35.9 Å². The highest BCUT2D eigenvalue weighted by atomic mass is 79.9. The third-order valence-corrected chi connectivity index (χ3v) is 5.83. The molecule has 0 bridgehead atoms. The number of halogens is 7. The Morgan fingerprint density at radius 3 is 1.78 bits per heavy atom. The number of hydrogen-bond acceptors (Lipinski definition) is 6. The van der Waals surface area contributed by atoms with E-state index in [1.54, 1.807) is 29.4 Å². The minimum absolute atomic E-state index is 0.00698. The Hall–Kier alpha value is -3.73. The van der Waals surface area contributed by atoms with Gasteiger partial charge in [-0.2, -0.15) is 26.3 Å². The molecule has 3 rings (SSSR count). The second-order valence-corrected chi connectivity index (χ2v) is 9.28. The summed E-state index contributed by atoms with van der Waals surface area (Å²) in [5.74, 6) is -5.66. The molecule has 0 spiro atoms. The first-order valence-corrected chi connectivity index (χ1v) is 12.3. The highest BCUT2D eigenvalue weighted by molar-refractivity contribution is 9.10. The number of anilines is 1. The first-order chi connectivity index (χ1) is 18.9. The van der Waals surface area contributed by atoms with Crippen LogP contribution >= 0.6 is 15.9 Å². The Morgan fingerprint density at radius 2 is 1.37 bits per heavy atom.